The van der Waals surface area contributed by atoms with Gasteiger partial charge in [-0.15, -0.1) is 0 Å². The van der Waals surface area contributed by atoms with E-state index in [1.165, 1.54) is 6.33 Å². The summed E-state index contributed by atoms with van der Waals surface area (Å²) in [7, 11) is 0. The Labute approximate surface area is 146 Å². The van der Waals surface area contributed by atoms with Crippen molar-refractivity contribution < 1.29 is 13.9 Å². The number of hydrogen-bond donors (Lipinski definition) is 0. The molecule has 25 heavy (non-hydrogen) atoms. The van der Waals surface area contributed by atoms with Gasteiger partial charge in [-0.05, 0) is 24.3 Å². The second kappa shape index (κ2) is 6.07. The van der Waals surface area contributed by atoms with E-state index in [4.69, 9.17) is 20.8 Å². The van der Waals surface area contributed by atoms with E-state index in [0.29, 0.717) is 16.1 Å². The van der Waals surface area contributed by atoms with Crippen molar-refractivity contribution in [1.29, 1.82) is 0 Å². The fraction of sp³-hybridized carbons (Fsp3) is 0.0556. The molecule has 0 N–H and O–H groups in total. The normalized spacial score (nSPS) is 11.1. The lowest BCUT2D eigenvalue weighted by Gasteiger charge is -2.07. The van der Waals surface area contributed by atoms with Gasteiger partial charge in [-0.2, -0.15) is 0 Å². The summed E-state index contributed by atoms with van der Waals surface area (Å²) in [6.07, 6.45) is 1.31. The molecule has 6 nitrogen and oxygen atoms in total. The van der Waals surface area contributed by atoms with Crippen LogP contribution in [0.1, 0.15) is 0 Å². The first-order valence-electron chi connectivity index (χ1n) is 7.45. The Morgan fingerprint density at radius 3 is 2.76 bits per heavy atom. The van der Waals surface area contributed by atoms with Crippen molar-refractivity contribution in [3.05, 3.63) is 70.2 Å². The van der Waals surface area contributed by atoms with Crippen LogP contribution in [0.5, 0.6) is 5.75 Å². The predicted molar refractivity (Wildman–Crippen MR) is 92.9 cm³/mol. The Morgan fingerprint density at radius 1 is 1.16 bits per heavy atom. The summed E-state index contributed by atoms with van der Waals surface area (Å²) in [5.74, 6) is -0.396. The number of benzene rings is 2. The maximum absolute atomic E-state index is 12.5. The number of ether oxygens (including phenoxy) is 1. The summed E-state index contributed by atoms with van der Waals surface area (Å²) in [4.78, 5) is 28.9. The van der Waals surface area contributed by atoms with Crippen LogP contribution >= 0.6 is 11.6 Å². The van der Waals surface area contributed by atoms with Gasteiger partial charge in [0.1, 0.15) is 23.4 Å². The average molecular weight is 355 g/mol. The zero-order chi connectivity index (χ0) is 17.4. The molecule has 0 atom stereocenters. The second-order valence-corrected chi connectivity index (χ2v) is 5.77. The number of halogens is 1. The molecule has 0 aliphatic heterocycles. The summed E-state index contributed by atoms with van der Waals surface area (Å²) >= 11 is 5.95. The third kappa shape index (κ3) is 2.77. The second-order valence-electron chi connectivity index (χ2n) is 5.36. The minimum absolute atomic E-state index is 0.106. The van der Waals surface area contributed by atoms with Crippen molar-refractivity contribution in [3.8, 4) is 5.75 Å². The number of para-hydroxylation sites is 2. The molecule has 124 valence electrons. The molecule has 0 unspecified atom stereocenters. The maximum atomic E-state index is 12.5. The summed E-state index contributed by atoms with van der Waals surface area (Å²) in [5, 5.41) is 1.06. The number of aromatic nitrogens is 2. The summed E-state index contributed by atoms with van der Waals surface area (Å²) in [5.41, 5.74) is 0.696. The number of carbonyl (C=O) groups is 1. The first-order chi connectivity index (χ1) is 12.1. The van der Waals surface area contributed by atoms with Gasteiger partial charge in [-0.25, -0.2) is 9.78 Å². The Balaban J connectivity index is 1.67. The first kappa shape index (κ1) is 15.4. The molecule has 0 spiro atoms. The van der Waals surface area contributed by atoms with Crippen LogP contribution in [-0.4, -0.2) is 15.5 Å². The number of furan rings is 1. The maximum Gasteiger partial charge on any atom is 0.331 e. The first-order valence-corrected chi connectivity index (χ1v) is 7.83. The molecule has 2 heterocycles. The molecular weight excluding hydrogens is 344 g/mol. The highest BCUT2D eigenvalue weighted by atomic mass is 35.5. The smallest absolute Gasteiger partial charge is 0.331 e. The largest absolute Gasteiger partial charge is 0.448 e. The lowest BCUT2D eigenvalue weighted by atomic mass is 10.2. The van der Waals surface area contributed by atoms with Gasteiger partial charge < -0.3 is 9.15 Å². The Morgan fingerprint density at radius 2 is 1.92 bits per heavy atom. The minimum atomic E-state index is -0.632. The highest BCUT2D eigenvalue weighted by Crippen LogP contribution is 2.25. The number of esters is 1. The molecule has 0 aliphatic rings. The van der Waals surface area contributed by atoms with Gasteiger partial charge >= 0.3 is 5.97 Å². The van der Waals surface area contributed by atoms with Crippen molar-refractivity contribution in [2.75, 3.05) is 0 Å². The summed E-state index contributed by atoms with van der Waals surface area (Å²) in [6, 6.07) is 13.8. The van der Waals surface area contributed by atoms with E-state index in [9.17, 15) is 9.59 Å². The fourth-order valence-electron chi connectivity index (χ4n) is 2.55. The van der Waals surface area contributed by atoms with Gasteiger partial charge in [0.05, 0.1) is 11.3 Å². The standard InChI is InChI=1S/C18H11ClN2O4/c19-12-6-2-4-8-14(12)24-15(22)9-21-10-20-16-11-5-1-3-7-13(11)25-17(16)18(21)23/h1-8,10H,9H2. The predicted octanol–water partition coefficient (Wildman–Crippen LogP) is 3.40. The van der Waals surface area contributed by atoms with Crippen molar-refractivity contribution in [2.24, 2.45) is 0 Å². The van der Waals surface area contributed by atoms with E-state index in [0.717, 1.165) is 9.95 Å². The van der Waals surface area contributed by atoms with Crippen LogP contribution in [0.2, 0.25) is 5.02 Å². The van der Waals surface area contributed by atoms with E-state index in [1.807, 2.05) is 18.2 Å². The molecule has 2 aromatic heterocycles. The van der Waals surface area contributed by atoms with Gasteiger partial charge in [-0.1, -0.05) is 35.9 Å². The van der Waals surface area contributed by atoms with Crippen molar-refractivity contribution in [3.63, 3.8) is 0 Å². The molecule has 2 aromatic carbocycles. The summed E-state index contributed by atoms with van der Waals surface area (Å²) in [6.45, 7) is -0.302. The Kier molecular flexibility index (Phi) is 3.74. The van der Waals surface area contributed by atoms with E-state index in [1.54, 1.807) is 30.3 Å². The quantitative estimate of drug-likeness (QED) is 0.416. The Bertz CT molecular complexity index is 1160. The zero-order valence-corrected chi connectivity index (χ0v) is 13.6. The third-order valence-corrected chi connectivity index (χ3v) is 4.02. The van der Waals surface area contributed by atoms with Crippen LogP contribution in [0.15, 0.2) is 64.1 Å². The molecule has 0 bridgehead atoms. The fourth-order valence-corrected chi connectivity index (χ4v) is 2.72. The Hall–Kier alpha value is -3.12. The lowest BCUT2D eigenvalue weighted by molar-refractivity contribution is -0.135. The zero-order valence-electron chi connectivity index (χ0n) is 12.8. The molecule has 0 radical (unpaired) electrons. The van der Waals surface area contributed by atoms with Gasteiger partial charge in [0, 0.05) is 5.39 Å². The van der Waals surface area contributed by atoms with Crippen LogP contribution < -0.4 is 10.3 Å². The molecular formula is C18H11ClN2O4. The van der Waals surface area contributed by atoms with E-state index in [-0.39, 0.29) is 17.9 Å². The third-order valence-electron chi connectivity index (χ3n) is 3.71. The molecule has 0 saturated carbocycles. The van der Waals surface area contributed by atoms with Crippen LogP contribution in [0, 0.1) is 0 Å². The van der Waals surface area contributed by atoms with Gasteiger partial charge in [0.15, 0.2) is 0 Å². The minimum Gasteiger partial charge on any atom is -0.448 e. The SMILES string of the molecule is O=C(Cn1cnc2c(oc3ccccc32)c1=O)Oc1ccccc1Cl. The topological polar surface area (TPSA) is 74.3 Å². The van der Waals surface area contributed by atoms with Gasteiger partial charge in [-0.3, -0.25) is 9.36 Å². The highest BCUT2D eigenvalue weighted by Gasteiger charge is 2.15. The highest BCUT2D eigenvalue weighted by molar-refractivity contribution is 6.32. The molecule has 0 amide bonds. The number of fused-ring (bicyclic) bond motifs is 3. The van der Waals surface area contributed by atoms with Crippen molar-refractivity contribution in [2.45, 2.75) is 6.54 Å². The van der Waals surface area contributed by atoms with Gasteiger partial charge in [0.25, 0.3) is 5.56 Å². The van der Waals surface area contributed by atoms with E-state index in [2.05, 4.69) is 4.98 Å². The molecule has 0 saturated heterocycles. The molecule has 7 heteroatoms. The molecule has 4 aromatic rings. The monoisotopic (exact) mass is 354 g/mol. The average Bonchev–Trinajstić information content (AvgIpc) is 2.99. The number of carbonyl (C=O) groups excluding carboxylic acids is 1. The van der Waals surface area contributed by atoms with E-state index < -0.39 is 11.5 Å². The summed E-state index contributed by atoms with van der Waals surface area (Å²) < 4.78 is 11.9. The van der Waals surface area contributed by atoms with Gasteiger partial charge in [0.2, 0.25) is 5.58 Å². The lowest BCUT2D eigenvalue weighted by Crippen LogP contribution is -2.26. The number of rotatable bonds is 3. The van der Waals surface area contributed by atoms with Crippen LogP contribution in [0.4, 0.5) is 0 Å². The van der Waals surface area contributed by atoms with Crippen LogP contribution in [-0.2, 0) is 11.3 Å². The van der Waals surface area contributed by atoms with Crippen molar-refractivity contribution in [1.82, 2.24) is 9.55 Å². The molecule has 4 rings (SSSR count). The number of hydrogen-bond acceptors (Lipinski definition) is 5. The molecule has 0 fully saturated rings. The van der Waals surface area contributed by atoms with E-state index >= 15 is 0 Å². The number of nitrogens with zero attached hydrogens (tertiary/aromatic N) is 2. The van der Waals surface area contributed by atoms with Crippen molar-refractivity contribution >= 4 is 39.6 Å². The van der Waals surface area contributed by atoms with Crippen LogP contribution in [0.25, 0.3) is 22.1 Å². The van der Waals surface area contributed by atoms with Crippen LogP contribution in [0.3, 0.4) is 0 Å². The molecule has 0 aliphatic carbocycles.